The van der Waals surface area contributed by atoms with E-state index in [2.05, 4.69) is 19.7 Å². The molecule has 7 nitrogen and oxygen atoms in total. The molecular weight excluding hydrogens is 314 g/mol. The third kappa shape index (κ3) is 3.37. The molecule has 0 fully saturated rings. The summed E-state index contributed by atoms with van der Waals surface area (Å²) in [7, 11) is -1.39. The molecule has 0 atom stereocenters. The fraction of sp³-hybridized carbons (Fsp3) is 0.133. The fourth-order valence-corrected chi connectivity index (χ4v) is 2.81. The first-order valence-corrected chi connectivity index (χ1v) is 8.69. The minimum atomic E-state index is -3.28. The number of fused-ring (bicyclic) bond motifs is 1. The number of hydrogen-bond acceptors (Lipinski definition) is 6. The van der Waals surface area contributed by atoms with Crippen LogP contribution < -0.4 is 9.62 Å². The molecule has 0 saturated carbocycles. The van der Waals surface area contributed by atoms with Crippen LogP contribution in [-0.4, -0.2) is 36.7 Å². The van der Waals surface area contributed by atoms with E-state index in [1.165, 1.54) is 6.33 Å². The first kappa shape index (κ1) is 15.2. The Bertz CT molecular complexity index is 936. The number of aromatic nitrogens is 3. The second kappa shape index (κ2) is 5.81. The van der Waals surface area contributed by atoms with Gasteiger partial charge in [0.15, 0.2) is 0 Å². The average Bonchev–Trinajstić information content (AvgIpc) is 2.53. The number of nitrogens with zero attached hydrogens (tertiary/aromatic N) is 4. The van der Waals surface area contributed by atoms with Crippen molar-refractivity contribution in [2.24, 2.45) is 0 Å². The average molecular weight is 329 g/mol. The normalized spacial score (nSPS) is 11.4. The Hall–Kier alpha value is -2.74. The largest absolute Gasteiger partial charge is 0.329 e. The fourth-order valence-electron chi connectivity index (χ4n) is 2.25. The highest BCUT2D eigenvalue weighted by Crippen LogP contribution is 2.28. The van der Waals surface area contributed by atoms with Gasteiger partial charge in [-0.05, 0) is 30.3 Å². The molecule has 8 heteroatoms. The molecule has 0 spiro atoms. The quantitative estimate of drug-likeness (QED) is 0.789. The molecule has 0 saturated heterocycles. The van der Waals surface area contributed by atoms with Gasteiger partial charge in [0.05, 0.1) is 18.0 Å². The lowest BCUT2D eigenvalue weighted by atomic mass is 10.2. The van der Waals surface area contributed by atoms with Crippen molar-refractivity contribution in [1.29, 1.82) is 0 Å². The van der Waals surface area contributed by atoms with Gasteiger partial charge in [0.2, 0.25) is 10.0 Å². The summed E-state index contributed by atoms with van der Waals surface area (Å²) in [6.07, 6.45) is 6.00. The van der Waals surface area contributed by atoms with E-state index in [-0.39, 0.29) is 0 Å². The maximum absolute atomic E-state index is 11.2. The number of pyridine rings is 1. The summed E-state index contributed by atoms with van der Waals surface area (Å²) in [5.74, 6) is 0.751. The molecule has 3 aromatic rings. The van der Waals surface area contributed by atoms with Gasteiger partial charge in [-0.3, -0.25) is 9.71 Å². The van der Waals surface area contributed by atoms with Gasteiger partial charge in [0.1, 0.15) is 12.1 Å². The molecule has 0 aliphatic carbocycles. The maximum Gasteiger partial charge on any atom is 0.229 e. The molecule has 3 rings (SSSR count). The van der Waals surface area contributed by atoms with Crippen molar-refractivity contribution in [1.82, 2.24) is 15.0 Å². The van der Waals surface area contributed by atoms with Gasteiger partial charge in [0.25, 0.3) is 0 Å². The Morgan fingerprint density at radius 3 is 2.52 bits per heavy atom. The van der Waals surface area contributed by atoms with E-state index in [1.807, 2.05) is 30.1 Å². The SMILES string of the molecule is CN(c1ccc(NS(C)(=O)=O)cc1)c1ncnc2cnccc12. The summed E-state index contributed by atoms with van der Waals surface area (Å²) >= 11 is 0. The molecule has 0 radical (unpaired) electrons. The predicted molar refractivity (Wildman–Crippen MR) is 90.3 cm³/mol. The molecule has 0 unspecified atom stereocenters. The molecule has 23 heavy (non-hydrogen) atoms. The monoisotopic (exact) mass is 329 g/mol. The topological polar surface area (TPSA) is 88.1 Å². The third-order valence-corrected chi connectivity index (χ3v) is 3.90. The van der Waals surface area contributed by atoms with E-state index in [1.54, 1.807) is 24.5 Å². The van der Waals surface area contributed by atoms with Crippen molar-refractivity contribution in [3.05, 3.63) is 49.1 Å². The molecule has 118 valence electrons. The molecule has 0 aliphatic heterocycles. The van der Waals surface area contributed by atoms with Gasteiger partial charge in [-0.15, -0.1) is 0 Å². The van der Waals surface area contributed by atoms with Crippen LogP contribution in [0.15, 0.2) is 49.1 Å². The van der Waals surface area contributed by atoms with Gasteiger partial charge >= 0.3 is 0 Å². The number of rotatable bonds is 4. The van der Waals surface area contributed by atoms with E-state index in [0.29, 0.717) is 5.69 Å². The summed E-state index contributed by atoms with van der Waals surface area (Å²) in [5, 5.41) is 0.892. The first-order chi connectivity index (χ1) is 10.9. The summed E-state index contributed by atoms with van der Waals surface area (Å²) in [4.78, 5) is 14.5. The predicted octanol–water partition coefficient (Wildman–Crippen LogP) is 2.16. The number of hydrogen-bond donors (Lipinski definition) is 1. The molecule has 0 aliphatic rings. The Balaban J connectivity index is 1.95. The van der Waals surface area contributed by atoms with Gasteiger partial charge in [-0.1, -0.05) is 0 Å². The molecule has 1 N–H and O–H groups in total. The van der Waals surface area contributed by atoms with Crippen molar-refractivity contribution in [3.8, 4) is 0 Å². The highest BCUT2D eigenvalue weighted by atomic mass is 32.2. The molecular formula is C15H15N5O2S. The van der Waals surface area contributed by atoms with Crippen molar-refractivity contribution in [3.63, 3.8) is 0 Å². The third-order valence-electron chi connectivity index (χ3n) is 3.29. The highest BCUT2D eigenvalue weighted by molar-refractivity contribution is 7.92. The van der Waals surface area contributed by atoms with E-state index < -0.39 is 10.0 Å². The van der Waals surface area contributed by atoms with Crippen LogP contribution in [0.5, 0.6) is 0 Å². The number of sulfonamides is 1. The van der Waals surface area contributed by atoms with Crippen LogP contribution in [-0.2, 0) is 10.0 Å². The Kier molecular flexibility index (Phi) is 3.83. The Morgan fingerprint density at radius 2 is 1.83 bits per heavy atom. The zero-order valence-electron chi connectivity index (χ0n) is 12.6. The number of anilines is 3. The minimum Gasteiger partial charge on any atom is -0.329 e. The lowest BCUT2D eigenvalue weighted by molar-refractivity contribution is 0.607. The van der Waals surface area contributed by atoms with Crippen molar-refractivity contribution in [2.75, 3.05) is 22.9 Å². The molecule has 1 aromatic carbocycles. The van der Waals surface area contributed by atoms with Crippen LogP contribution in [0.4, 0.5) is 17.2 Å². The summed E-state index contributed by atoms with van der Waals surface area (Å²) in [6, 6.07) is 8.92. The van der Waals surface area contributed by atoms with Gasteiger partial charge in [-0.2, -0.15) is 0 Å². The summed E-state index contributed by atoms with van der Waals surface area (Å²) in [5.41, 5.74) is 2.15. The smallest absolute Gasteiger partial charge is 0.229 e. The first-order valence-electron chi connectivity index (χ1n) is 6.80. The molecule has 2 aromatic heterocycles. The van der Waals surface area contributed by atoms with E-state index >= 15 is 0 Å². The number of benzene rings is 1. The van der Waals surface area contributed by atoms with E-state index in [9.17, 15) is 8.42 Å². The Labute approximate surface area is 134 Å². The van der Waals surface area contributed by atoms with Gasteiger partial charge in [-0.25, -0.2) is 18.4 Å². The van der Waals surface area contributed by atoms with Crippen LogP contribution in [0.25, 0.3) is 10.9 Å². The second-order valence-electron chi connectivity index (χ2n) is 5.07. The van der Waals surface area contributed by atoms with Crippen LogP contribution in [0.2, 0.25) is 0 Å². The van der Waals surface area contributed by atoms with Crippen molar-refractivity contribution >= 4 is 38.1 Å². The highest BCUT2D eigenvalue weighted by Gasteiger charge is 2.11. The summed E-state index contributed by atoms with van der Waals surface area (Å²) in [6.45, 7) is 0. The van der Waals surface area contributed by atoms with Crippen LogP contribution in [0.3, 0.4) is 0 Å². The lowest BCUT2D eigenvalue weighted by Crippen LogP contribution is -2.13. The van der Waals surface area contributed by atoms with Crippen LogP contribution in [0.1, 0.15) is 0 Å². The standard InChI is InChI=1S/C15H15N5O2S/c1-20(12-5-3-11(4-6-12)19-23(2,21)22)15-13-7-8-16-9-14(13)17-10-18-15/h3-10,19H,1-2H3. The Morgan fingerprint density at radius 1 is 1.09 bits per heavy atom. The second-order valence-corrected chi connectivity index (χ2v) is 6.82. The zero-order chi connectivity index (χ0) is 16.4. The lowest BCUT2D eigenvalue weighted by Gasteiger charge is -2.20. The van der Waals surface area contributed by atoms with E-state index in [4.69, 9.17) is 0 Å². The molecule has 0 amide bonds. The number of nitrogens with one attached hydrogen (secondary N) is 1. The summed E-state index contributed by atoms with van der Waals surface area (Å²) < 4.78 is 24.9. The molecule has 2 heterocycles. The zero-order valence-corrected chi connectivity index (χ0v) is 13.4. The van der Waals surface area contributed by atoms with Crippen LogP contribution in [0, 0.1) is 0 Å². The van der Waals surface area contributed by atoms with Crippen LogP contribution >= 0.6 is 0 Å². The van der Waals surface area contributed by atoms with Crippen molar-refractivity contribution < 1.29 is 8.42 Å². The van der Waals surface area contributed by atoms with E-state index in [0.717, 1.165) is 28.7 Å². The van der Waals surface area contributed by atoms with Crippen molar-refractivity contribution in [2.45, 2.75) is 0 Å². The maximum atomic E-state index is 11.2. The minimum absolute atomic E-state index is 0.515. The van der Waals surface area contributed by atoms with Gasteiger partial charge in [0, 0.05) is 30.0 Å². The molecule has 0 bridgehead atoms. The van der Waals surface area contributed by atoms with Gasteiger partial charge < -0.3 is 4.90 Å².